The summed E-state index contributed by atoms with van der Waals surface area (Å²) in [6, 6.07) is 0. The third-order valence-corrected chi connectivity index (χ3v) is 9.31. The molecule has 5 rings (SSSR count). The first-order valence-electron chi connectivity index (χ1n) is 10.6. The number of hydrogen-bond donors (Lipinski definition) is 1. The minimum Gasteiger partial charge on any atom is -0.387 e. The Bertz CT molecular complexity index is 672. The van der Waals surface area contributed by atoms with Gasteiger partial charge in [0.05, 0.1) is 12.2 Å². The van der Waals surface area contributed by atoms with E-state index in [0.717, 1.165) is 51.4 Å². The summed E-state index contributed by atoms with van der Waals surface area (Å²) < 4.78 is 23.6. The molecule has 27 heavy (non-hydrogen) atoms. The van der Waals surface area contributed by atoms with Crippen molar-refractivity contribution in [3.8, 4) is 0 Å². The predicted molar refractivity (Wildman–Crippen MR) is 100 cm³/mol. The Labute approximate surface area is 162 Å². The Morgan fingerprint density at radius 3 is 2.59 bits per heavy atom. The summed E-state index contributed by atoms with van der Waals surface area (Å²) in [5.74, 6) is 0.552. The van der Waals surface area contributed by atoms with E-state index in [1.165, 1.54) is 5.57 Å². The van der Waals surface area contributed by atoms with Gasteiger partial charge in [-0.25, -0.2) is 0 Å². The number of fused-ring (bicyclic) bond motifs is 3. The summed E-state index contributed by atoms with van der Waals surface area (Å²) in [6.07, 6.45) is 10.2. The van der Waals surface area contributed by atoms with Crippen molar-refractivity contribution in [3.63, 3.8) is 0 Å². The van der Waals surface area contributed by atoms with Crippen LogP contribution in [0.5, 0.6) is 0 Å². The van der Waals surface area contributed by atoms with E-state index in [0.29, 0.717) is 18.4 Å². The first-order valence-corrected chi connectivity index (χ1v) is 10.6. The molecule has 3 saturated carbocycles. The number of epoxide rings is 1. The largest absolute Gasteiger partial charge is 0.387 e. The zero-order valence-corrected chi connectivity index (χ0v) is 17.2. The lowest BCUT2D eigenvalue weighted by Gasteiger charge is -2.52. The Morgan fingerprint density at radius 1 is 1.11 bits per heavy atom. The molecular formula is C22H34O5. The van der Waals surface area contributed by atoms with E-state index >= 15 is 0 Å². The van der Waals surface area contributed by atoms with Crippen LogP contribution in [-0.4, -0.2) is 55.6 Å². The maximum atomic E-state index is 11.4. The van der Waals surface area contributed by atoms with Crippen LogP contribution in [-0.2, 0) is 18.9 Å². The second-order valence-corrected chi connectivity index (χ2v) is 9.96. The minimum absolute atomic E-state index is 0.0970. The Kier molecular flexibility index (Phi) is 3.83. The molecule has 6 atom stereocenters. The highest BCUT2D eigenvalue weighted by Gasteiger charge is 2.79. The van der Waals surface area contributed by atoms with Crippen molar-refractivity contribution >= 4 is 0 Å². The van der Waals surface area contributed by atoms with Gasteiger partial charge in [-0.05, 0) is 55.9 Å². The monoisotopic (exact) mass is 378 g/mol. The van der Waals surface area contributed by atoms with E-state index < -0.39 is 11.4 Å². The van der Waals surface area contributed by atoms with Gasteiger partial charge >= 0.3 is 0 Å². The van der Waals surface area contributed by atoms with Gasteiger partial charge in [0.1, 0.15) is 11.2 Å². The molecule has 1 saturated heterocycles. The topological polar surface area (TPSA) is 60.5 Å². The molecular weight excluding hydrogens is 344 g/mol. The second-order valence-electron chi connectivity index (χ2n) is 9.96. The molecule has 0 aromatic carbocycles. The van der Waals surface area contributed by atoms with Gasteiger partial charge < -0.3 is 24.1 Å². The Balaban J connectivity index is 1.47. The molecule has 152 valence electrons. The summed E-state index contributed by atoms with van der Waals surface area (Å²) in [7, 11) is 5.20. The van der Waals surface area contributed by atoms with Crippen molar-refractivity contribution < 1.29 is 24.1 Å². The third-order valence-electron chi connectivity index (χ3n) is 9.31. The average Bonchev–Trinajstić information content (AvgIpc) is 3.28. The van der Waals surface area contributed by atoms with Gasteiger partial charge in [-0.15, -0.1) is 0 Å². The lowest BCUT2D eigenvalue weighted by molar-refractivity contribution is -0.229. The van der Waals surface area contributed by atoms with Gasteiger partial charge in [0, 0.05) is 39.6 Å². The van der Waals surface area contributed by atoms with Crippen molar-refractivity contribution in [2.45, 2.75) is 80.9 Å². The summed E-state index contributed by atoms with van der Waals surface area (Å²) in [5.41, 5.74) is 0.520. The van der Waals surface area contributed by atoms with Crippen molar-refractivity contribution in [1.82, 2.24) is 0 Å². The van der Waals surface area contributed by atoms with Gasteiger partial charge in [-0.2, -0.15) is 0 Å². The summed E-state index contributed by atoms with van der Waals surface area (Å²) in [6.45, 7) is 2.72. The fraction of sp³-hybridized carbons (Fsp3) is 0.909. The van der Waals surface area contributed by atoms with E-state index in [1.54, 1.807) is 21.3 Å². The Hall–Kier alpha value is -0.460. The number of aliphatic hydroxyl groups is 1. The molecule has 1 N–H and O–H groups in total. The molecule has 0 radical (unpaired) electrons. The molecule has 5 aliphatic rings. The second kappa shape index (κ2) is 5.57. The lowest BCUT2D eigenvalue weighted by atomic mass is 9.53. The normalized spacial score (nSPS) is 52.3. The standard InChI is InChI=1S/C22H34O5/c1-18-8-6-17-15(16(18)7-9-19(18,23)14-24-2)5-10-20-13-21(25-3,26-4)11-12-22(17,20)27-20/h6,15-16,23H,5,7-14H2,1-4H3/t15-,16-,18-,19+,20?,22?/m0/s1. The summed E-state index contributed by atoms with van der Waals surface area (Å²) in [4.78, 5) is 0. The number of methoxy groups -OCH3 is 3. The van der Waals surface area contributed by atoms with Gasteiger partial charge in [0.15, 0.2) is 5.79 Å². The van der Waals surface area contributed by atoms with Gasteiger partial charge in [-0.3, -0.25) is 0 Å². The van der Waals surface area contributed by atoms with E-state index in [-0.39, 0.29) is 16.6 Å². The molecule has 5 heteroatoms. The number of allylic oxidation sites excluding steroid dienone is 1. The molecule has 0 bridgehead atoms. The van der Waals surface area contributed by atoms with Crippen molar-refractivity contribution in [1.29, 1.82) is 0 Å². The highest BCUT2D eigenvalue weighted by atomic mass is 16.7. The number of hydrogen-bond acceptors (Lipinski definition) is 5. The third kappa shape index (κ3) is 2.08. The van der Waals surface area contributed by atoms with E-state index in [9.17, 15) is 5.11 Å². The highest BCUT2D eigenvalue weighted by molar-refractivity contribution is 5.43. The molecule has 5 nitrogen and oxygen atoms in total. The molecule has 0 spiro atoms. The van der Waals surface area contributed by atoms with Crippen LogP contribution in [0.15, 0.2) is 11.6 Å². The fourth-order valence-electron chi connectivity index (χ4n) is 7.60. The maximum absolute atomic E-state index is 11.4. The van der Waals surface area contributed by atoms with Gasteiger partial charge in [-0.1, -0.05) is 13.0 Å². The zero-order valence-electron chi connectivity index (χ0n) is 17.2. The lowest BCUT2D eigenvalue weighted by Crippen LogP contribution is -2.55. The fourth-order valence-corrected chi connectivity index (χ4v) is 7.60. The predicted octanol–water partition coefficient (Wildman–Crippen LogP) is 3.20. The average molecular weight is 379 g/mol. The van der Waals surface area contributed by atoms with Crippen molar-refractivity contribution in [3.05, 3.63) is 11.6 Å². The SMILES string of the molecule is COC[C@]1(O)CC[C@H]2[C@@H]3CCC45CC(OC)(OC)CCC4(O5)C3=CC[C@@]21C. The van der Waals surface area contributed by atoms with E-state index in [4.69, 9.17) is 18.9 Å². The van der Waals surface area contributed by atoms with Crippen LogP contribution in [0.4, 0.5) is 0 Å². The molecule has 0 aromatic heterocycles. The zero-order chi connectivity index (χ0) is 19.1. The summed E-state index contributed by atoms with van der Waals surface area (Å²) >= 11 is 0. The molecule has 4 aliphatic carbocycles. The molecule has 1 heterocycles. The number of rotatable bonds is 4. The smallest absolute Gasteiger partial charge is 0.170 e. The molecule has 0 amide bonds. The van der Waals surface area contributed by atoms with Crippen molar-refractivity contribution in [2.24, 2.45) is 17.3 Å². The van der Waals surface area contributed by atoms with Crippen LogP contribution in [0, 0.1) is 17.3 Å². The summed E-state index contributed by atoms with van der Waals surface area (Å²) in [5, 5.41) is 11.4. The molecule has 1 aliphatic heterocycles. The van der Waals surface area contributed by atoms with Crippen LogP contribution >= 0.6 is 0 Å². The van der Waals surface area contributed by atoms with Crippen molar-refractivity contribution in [2.75, 3.05) is 27.9 Å². The van der Waals surface area contributed by atoms with Gasteiger partial charge in [0.25, 0.3) is 0 Å². The van der Waals surface area contributed by atoms with E-state index in [1.807, 2.05) is 0 Å². The minimum atomic E-state index is -0.709. The maximum Gasteiger partial charge on any atom is 0.170 e. The van der Waals surface area contributed by atoms with Crippen LogP contribution in [0.3, 0.4) is 0 Å². The molecule has 4 fully saturated rings. The van der Waals surface area contributed by atoms with E-state index in [2.05, 4.69) is 13.0 Å². The van der Waals surface area contributed by atoms with Crippen LogP contribution < -0.4 is 0 Å². The first kappa shape index (κ1) is 18.6. The molecule has 0 aromatic rings. The van der Waals surface area contributed by atoms with Crippen LogP contribution in [0.1, 0.15) is 58.3 Å². The molecule has 2 unspecified atom stereocenters. The Morgan fingerprint density at radius 2 is 1.89 bits per heavy atom. The van der Waals surface area contributed by atoms with Gasteiger partial charge in [0.2, 0.25) is 0 Å². The number of ether oxygens (including phenoxy) is 4. The first-order chi connectivity index (χ1) is 12.8. The van der Waals surface area contributed by atoms with Crippen LogP contribution in [0.2, 0.25) is 0 Å². The van der Waals surface area contributed by atoms with Crippen LogP contribution in [0.25, 0.3) is 0 Å². The highest BCUT2D eigenvalue weighted by Crippen LogP contribution is 2.73. The quantitative estimate of drug-likeness (QED) is 0.462.